The first-order valence-corrected chi connectivity index (χ1v) is 11.1. The normalized spacial score (nSPS) is 15.7. The Morgan fingerprint density at radius 1 is 1.06 bits per heavy atom. The summed E-state index contributed by atoms with van der Waals surface area (Å²) in [6.45, 7) is 5.99. The molecule has 2 heterocycles. The molecular formula is C24H29F2N5O. The second-order valence-electron chi connectivity index (χ2n) is 8.55. The molecule has 2 aromatic carbocycles. The fourth-order valence-corrected chi connectivity index (χ4v) is 4.24. The number of aliphatic hydroxyl groups excluding tert-OH is 1. The maximum atomic E-state index is 13.5. The monoisotopic (exact) mass is 441 g/mol. The van der Waals surface area contributed by atoms with E-state index >= 15 is 0 Å². The molecule has 0 bridgehead atoms. The lowest BCUT2D eigenvalue weighted by Crippen LogP contribution is -2.34. The number of rotatable bonds is 7. The zero-order chi connectivity index (χ0) is 22.7. The van der Waals surface area contributed by atoms with E-state index < -0.39 is 11.6 Å². The summed E-state index contributed by atoms with van der Waals surface area (Å²) in [5.74, 6) is -0.412. The van der Waals surface area contributed by atoms with E-state index in [-0.39, 0.29) is 11.8 Å². The molecule has 1 fully saturated rings. The maximum Gasteiger partial charge on any atom is 0.246 e. The van der Waals surface area contributed by atoms with Crippen molar-refractivity contribution in [3.8, 4) is 5.69 Å². The average molecular weight is 442 g/mol. The van der Waals surface area contributed by atoms with Gasteiger partial charge in [0.05, 0.1) is 11.8 Å². The summed E-state index contributed by atoms with van der Waals surface area (Å²) in [7, 11) is 0. The predicted octanol–water partition coefficient (Wildman–Crippen LogP) is 4.97. The Labute approximate surface area is 186 Å². The summed E-state index contributed by atoms with van der Waals surface area (Å²) >= 11 is 0. The van der Waals surface area contributed by atoms with E-state index in [1.807, 2.05) is 19.9 Å². The van der Waals surface area contributed by atoms with Crippen LogP contribution in [-0.2, 0) is 0 Å². The molecular weight excluding hydrogens is 412 g/mol. The standard InChI is InChI=1S/C24H29F2N5O/c1-3-23(32)10-17-4-6-30(7-5-17)21-9-16(2)8-20(14-21)28-24-27-15-31(29-24)22-12-18(25)11-19(26)13-22/h8-9,11-15,17,23,32H,3-7,10H2,1-2H3,(H,28,29). The molecule has 32 heavy (non-hydrogen) atoms. The van der Waals surface area contributed by atoms with Crippen molar-refractivity contribution in [3.63, 3.8) is 0 Å². The topological polar surface area (TPSA) is 66.2 Å². The fraction of sp³-hybridized carbons (Fsp3) is 0.417. The van der Waals surface area contributed by atoms with Crippen LogP contribution < -0.4 is 10.2 Å². The minimum Gasteiger partial charge on any atom is -0.393 e. The number of hydrogen-bond donors (Lipinski definition) is 2. The number of aromatic nitrogens is 3. The largest absolute Gasteiger partial charge is 0.393 e. The predicted molar refractivity (Wildman–Crippen MR) is 122 cm³/mol. The van der Waals surface area contributed by atoms with Gasteiger partial charge in [-0.05, 0) is 74.4 Å². The zero-order valence-electron chi connectivity index (χ0n) is 18.4. The Morgan fingerprint density at radius 2 is 1.78 bits per heavy atom. The first-order valence-electron chi connectivity index (χ1n) is 11.1. The van der Waals surface area contributed by atoms with Crippen LogP contribution in [0.15, 0.2) is 42.7 Å². The van der Waals surface area contributed by atoms with Gasteiger partial charge in [0.15, 0.2) is 0 Å². The smallest absolute Gasteiger partial charge is 0.246 e. The zero-order valence-corrected chi connectivity index (χ0v) is 18.4. The highest BCUT2D eigenvalue weighted by Gasteiger charge is 2.22. The highest BCUT2D eigenvalue weighted by Crippen LogP contribution is 2.30. The first kappa shape index (κ1) is 22.2. The lowest BCUT2D eigenvalue weighted by molar-refractivity contribution is 0.131. The van der Waals surface area contributed by atoms with Crippen molar-refractivity contribution in [2.45, 2.75) is 45.6 Å². The summed E-state index contributed by atoms with van der Waals surface area (Å²) in [6, 6.07) is 9.47. The van der Waals surface area contributed by atoms with E-state index in [1.165, 1.54) is 23.1 Å². The van der Waals surface area contributed by atoms with Crippen LogP contribution in [0.2, 0.25) is 0 Å². The van der Waals surface area contributed by atoms with Crippen molar-refractivity contribution in [3.05, 3.63) is 59.9 Å². The summed E-state index contributed by atoms with van der Waals surface area (Å²) in [4.78, 5) is 6.59. The van der Waals surface area contributed by atoms with E-state index in [0.717, 1.165) is 61.8 Å². The summed E-state index contributed by atoms with van der Waals surface area (Å²) in [6.07, 6.45) is 5.06. The number of nitrogens with zero attached hydrogens (tertiary/aromatic N) is 4. The first-order chi connectivity index (χ1) is 15.4. The molecule has 0 spiro atoms. The SMILES string of the molecule is CCC(O)CC1CCN(c2cc(C)cc(Nc3ncn(-c4cc(F)cc(F)c4)n3)c2)CC1. The number of hydrogen-bond acceptors (Lipinski definition) is 5. The average Bonchev–Trinajstić information content (AvgIpc) is 3.21. The van der Waals surface area contributed by atoms with E-state index in [0.29, 0.717) is 11.9 Å². The molecule has 1 aliphatic heterocycles. The van der Waals surface area contributed by atoms with Gasteiger partial charge in [0.1, 0.15) is 18.0 Å². The van der Waals surface area contributed by atoms with Crippen molar-refractivity contribution in [1.29, 1.82) is 0 Å². The van der Waals surface area contributed by atoms with Gasteiger partial charge in [0.25, 0.3) is 0 Å². The Morgan fingerprint density at radius 3 is 2.47 bits per heavy atom. The molecule has 0 amide bonds. The van der Waals surface area contributed by atoms with Gasteiger partial charge >= 0.3 is 0 Å². The van der Waals surface area contributed by atoms with Crippen molar-refractivity contribution in [1.82, 2.24) is 14.8 Å². The molecule has 0 saturated carbocycles. The van der Waals surface area contributed by atoms with E-state index in [4.69, 9.17) is 0 Å². The molecule has 2 N–H and O–H groups in total. The van der Waals surface area contributed by atoms with E-state index in [1.54, 1.807) is 0 Å². The number of anilines is 3. The van der Waals surface area contributed by atoms with Crippen molar-refractivity contribution < 1.29 is 13.9 Å². The number of aryl methyl sites for hydroxylation is 1. The lowest BCUT2D eigenvalue weighted by Gasteiger charge is -2.34. The second kappa shape index (κ2) is 9.65. The number of benzene rings is 2. The van der Waals surface area contributed by atoms with Crippen LogP contribution in [0, 0.1) is 24.5 Å². The maximum absolute atomic E-state index is 13.5. The molecule has 170 valence electrons. The van der Waals surface area contributed by atoms with Gasteiger partial charge < -0.3 is 15.3 Å². The molecule has 1 aliphatic rings. The molecule has 1 atom stereocenters. The van der Waals surface area contributed by atoms with Gasteiger partial charge in [-0.3, -0.25) is 0 Å². The van der Waals surface area contributed by atoms with Crippen LogP contribution in [0.4, 0.5) is 26.1 Å². The Balaban J connectivity index is 1.44. The highest BCUT2D eigenvalue weighted by molar-refractivity contribution is 5.64. The number of nitrogens with one attached hydrogen (secondary N) is 1. The Kier molecular flexibility index (Phi) is 6.69. The van der Waals surface area contributed by atoms with Crippen molar-refractivity contribution in [2.24, 2.45) is 5.92 Å². The van der Waals surface area contributed by atoms with E-state index in [2.05, 4.69) is 32.4 Å². The minimum atomic E-state index is -0.665. The van der Waals surface area contributed by atoms with Crippen LogP contribution in [0.1, 0.15) is 38.2 Å². The Bertz CT molecular complexity index is 1040. The molecule has 8 heteroatoms. The van der Waals surface area contributed by atoms with Gasteiger partial charge in [-0.2, -0.15) is 4.98 Å². The molecule has 0 aliphatic carbocycles. The highest BCUT2D eigenvalue weighted by atomic mass is 19.1. The van der Waals surface area contributed by atoms with Crippen molar-refractivity contribution in [2.75, 3.05) is 23.3 Å². The van der Waals surface area contributed by atoms with Crippen LogP contribution in [0.3, 0.4) is 0 Å². The fourth-order valence-electron chi connectivity index (χ4n) is 4.24. The van der Waals surface area contributed by atoms with Crippen LogP contribution in [0.5, 0.6) is 0 Å². The molecule has 1 saturated heterocycles. The third kappa shape index (κ3) is 5.43. The molecule has 1 unspecified atom stereocenters. The molecule has 1 aromatic heterocycles. The summed E-state index contributed by atoms with van der Waals surface area (Å²) in [5, 5.41) is 17.4. The molecule has 3 aromatic rings. The van der Waals surface area contributed by atoms with Crippen LogP contribution in [-0.4, -0.2) is 39.1 Å². The molecule has 4 rings (SSSR count). The van der Waals surface area contributed by atoms with Crippen LogP contribution >= 0.6 is 0 Å². The quantitative estimate of drug-likeness (QED) is 0.542. The minimum absolute atomic E-state index is 0.197. The lowest BCUT2D eigenvalue weighted by atomic mass is 9.90. The van der Waals surface area contributed by atoms with Gasteiger partial charge in [0.2, 0.25) is 5.95 Å². The second-order valence-corrected chi connectivity index (χ2v) is 8.55. The number of aliphatic hydroxyl groups is 1. The van der Waals surface area contributed by atoms with E-state index in [9.17, 15) is 13.9 Å². The Hall–Kier alpha value is -3.00. The van der Waals surface area contributed by atoms with Gasteiger partial charge in [0, 0.05) is 30.5 Å². The van der Waals surface area contributed by atoms with Crippen molar-refractivity contribution >= 4 is 17.3 Å². The van der Waals surface area contributed by atoms with Gasteiger partial charge in [-0.1, -0.05) is 6.92 Å². The third-order valence-electron chi connectivity index (χ3n) is 5.98. The molecule has 0 radical (unpaired) electrons. The third-order valence-corrected chi connectivity index (χ3v) is 5.98. The number of piperidine rings is 1. The molecule has 6 nitrogen and oxygen atoms in total. The van der Waals surface area contributed by atoms with Gasteiger partial charge in [-0.15, -0.1) is 5.10 Å². The number of halogens is 2. The van der Waals surface area contributed by atoms with Gasteiger partial charge in [-0.25, -0.2) is 13.5 Å². The summed E-state index contributed by atoms with van der Waals surface area (Å²) < 4.78 is 28.3. The van der Waals surface area contributed by atoms with Crippen LogP contribution in [0.25, 0.3) is 5.69 Å². The summed E-state index contributed by atoms with van der Waals surface area (Å²) in [5.41, 5.74) is 3.37.